The Hall–Kier alpha value is -3.22. The number of aryl methyl sites for hydroxylation is 1. The average molecular weight is 362 g/mol. The van der Waals surface area contributed by atoms with Crippen LogP contribution in [0, 0.1) is 12.8 Å². The Labute approximate surface area is 158 Å². The first-order chi connectivity index (χ1) is 13.2. The van der Waals surface area contributed by atoms with E-state index in [4.69, 9.17) is 0 Å². The van der Waals surface area contributed by atoms with Crippen molar-refractivity contribution in [3.05, 3.63) is 71.9 Å². The fourth-order valence-electron chi connectivity index (χ4n) is 3.29. The molecule has 4 rings (SSSR count). The number of hydrogen-bond donors (Lipinski definition) is 1. The molecule has 0 unspecified atom stereocenters. The van der Waals surface area contributed by atoms with Crippen molar-refractivity contribution in [3.8, 4) is 0 Å². The molecule has 1 aliphatic heterocycles. The maximum Gasteiger partial charge on any atom is 0.272 e. The molecule has 0 saturated carbocycles. The van der Waals surface area contributed by atoms with Gasteiger partial charge in [0.1, 0.15) is 11.5 Å². The Morgan fingerprint density at radius 3 is 2.85 bits per heavy atom. The molecule has 0 radical (unpaired) electrons. The van der Waals surface area contributed by atoms with Crippen LogP contribution in [-0.4, -0.2) is 43.6 Å². The maximum absolute atomic E-state index is 13.0. The van der Waals surface area contributed by atoms with Crippen LogP contribution in [0.1, 0.15) is 21.7 Å². The zero-order valence-corrected chi connectivity index (χ0v) is 15.2. The Morgan fingerprint density at radius 2 is 2.07 bits per heavy atom. The Kier molecular flexibility index (Phi) is 4.82. The first kappa shape index (κ1) is 17.2. The van der Waals surface area contributed by atoms with Gasteiger partial charge in [0.05, 0.1) is 12.2 Å². The van der Waals surface area contributed by atoms with Crippen molar-refractivity contribution >= 4 is 11.7 Å². The molecule has 0 aliphatic carbocycles. The minimum atomic E-state index is -0.0486. The van der Waals surface area contributed by atoms with Crippen molar-refractivity contribution in [2.45, 2.75) is 20.0 Å². The highest BCUT2D eigenvalue weighted by molar-refractivity contribution is 5.92. The molecular weight excluding hydrogens is 340 g/mol. The molecular formula is C20H22N6O. The molecule has 3 aromatic heterocycles. The normalized spacial score (nSPS) is 16.5. The molecule has 0 bridgehead atoms. The van der Waals surface area contributed by atoms with Crippen LogP contribution in [0.2, 0.25) is 0 Å². The summed E-state index contributed by atoms with van der Waals surface area (Å²) in [4.78, 5) is 23.5. The summed E-state index contributed by atoms with van der Waals surface area (Å²) in [5.74, 6) is 0.996. The first-order valence-electron chi connectivity index (χ1n) is 9.06. The Morgan fingerprint density at radius 1 is 1.15 bits per heavy atom. The zero-order chi connectivity index (χ0) is 18.6. The van der Waals surface area contributed by atoms with Crippen LogP contribution < -0.4 is 5.32 Å². The molecule has 0 spiro atoms. The molecule has 3 aromatic rings. The molecule has 0 fully saturated rings. The topological polar surface area (TPSA) is 75.9 Å². The number of carbonyl (C=O) groups excluding carboxylic acids is 1. The molecule has 1 N–H and O–H groups in total. The van der Waals surface area contributed by atoms with Gasteiger partial charge in [-0.25, -0.2) is 4.98 Å². The number of hydrogen-bond acceptors (Lipinski definition) is 5. The quantitative estimate of drug-likeness (QED) is 0.771. The summed E-state index contributed by atoms with van der Waals surface area (Å²) >= 11 is 0. The van der Waals surface area contributed by atoms with Crippen LogP contribution in [0.4, 0.5) is 5.82 Å². The third kappa shape index (κ3) is 3.97. The number of carbonyl (C=O) groups is 1. The molecule has 1 amide bonds. The van der Waals surface area contributed by atoms with Crippen molar-refractivity contribution in [1.82, 2.24) is 24.6 Å². The smallest absolute Gasteiger partial charge is 0.272 e. The number of amides is 1. The second-order valence-electron chi connectivity index (χ2n) is 6.87. The monoisotopic (exact) mass is 362 g/mol. The van der Waals surface area contributed by atoms with Gasteiger partial charge in [0.15, 0.2) is 0 Å². The zero-order valence-electron chi connectivity index (χ0n) is 15.2. The molecule has 0 saturated heterocycles. The average Bonchev–Trinajstić information content (AvgIpc) is 3.05. The minimum absolute atomic E-state index is 0.0486. The van der Waals surface area contributed by atoms with Crippen LogP contribution in [0.25, 0.3) is 0 Å². The van der Waals surface area contributed by atoms with E-state index in [0.29, 0.717) is 25.3 Å². The van der Waals surface area contributed by atoms with Gasteiger partial charge < -0.3 is 10.2 Å². The van der Waals surface area contributed by atoms with E-state index in [1.807, 2.05) is 46.8 Å². The van der Waals surface area contributed by atoms with Gasteiger partial charge in [0.2, 0.25) is 0 Å². The van der Waals surface area contributed by atoms with Crippen molar-refractivity contribution < 1.29 is 4.79 Å². The van der Waals surface area contributed by atoms with E-state index in [1.165, 1.54) is 0 Å². The molecule has 27 heavy (non-hydrogen) atoms. The molecule has 1 aliphatic rings. The lowest BCUT2D eigenvalue weighted by Gasteiger charge is -2.24. The lowest BCUT2D eigenvalue weighted by molar-refractivity contribution is 0.0718. The van der Waals surface area contributed by atoms with E-state index in [9.17, 15) is 4.79 Å². The number of pyridine rings is 2. The molecule has 0 aromatic carbocycles. The largest absolute Gasteiger partial charge is 0.370 e. The molecule has 7 nitrogen and oxygen atoms in total. The standard InChI is InChI=1S/C20H22N6O/c1-15-5-6-18(22-10-15)20(27)25-12-16(11-23-19-4-2-3-8-21-19)13-26-17(14-25)7-9-24-26/h2-10,16H,11-14H2,1H3,(H,21,23)/t16-/m1/s1. The summed E-state index contributed by atoms with van der Waals surface area (Å²) in [5.41, 5.74) is 2.55. The van der Waals surface area contributed by atoms with Gasteiger partial charge in [0.25, 0.3) is 5.91 Å². The molecule has 7 heteroatoms. The van der Waals surface area contributed by atoms with Crippen LogP contribution >= 0.6 is 0 Å². The summed E-state index contributed by atoms with van der Waals surface area (Å²) in [6.07, 6.45) is 5.28. The summed E-state index contributed by atoms with van der Waals surface area (Å²) < 4.78 is 1.99. The van der Waals surface area contributed by atoms with Crippen molar-refractivity contribution in [2.75, 3.05) is 18.4 Å². The number of nitrogens with zero attached hydrogens (tertiary/aromatic N) is 5. The van der Waals surface area contributed by atoms with E-state index in [-0.39, 0.29) is 11.8 Å². The third-order valence-corrected chi connectivity index (χ3v) is 4.72. The van der Waals surface area contributed by atoms with Crippen molar-refractivity contribution in [1.29, 1.82) is 0 Å². The first-order valence-corrected chi connectivity index (χ1v) is 9.06. The summed E-state index contributed by atoms with van der Waals surface area (Å²) in [6.45, 7) is 4.60. The summed E-state index contributed by atoms with van der Waals surface area (Å²) in [7, 11) is 0. The van der Waals surface area contributed by atoms with Gasteiger partial charge in [-0.15, -0.1) is 0 Å². The van der Waals surface area contributed by atoms with Crippen LogP contribution in [-0.2, 0) is 13.1 Å². The number of anilines is 1. The highest BCUT2D eigenvalue weighted by atomic mass is 16.2. The van der Waals surface area contributed by atoms with Gasteiger partial charge in [-0.05, 0) is 36.8 Å². The van der Waals surface area contributed by atoms with Crippen molar-refractivity contribution in [2.24, 2.45) is 5.92 Å². The van der Waals surface area contributed by atoms with Gasteiger partial charge in [-0.3, -0.25) is 14.5 Å². The second-order valence-corrected chi connectivity index (χ2v) is 6.87. The predicted molar refractivity (Wildman–Crippen MR) is 102 cm³/mol. The fourth-order valence-corrected chi connectivity index (χ4v) is 3.29. The van der Waals surface area contributed by atoms with E-state index in [2.05, 4.69) is 20.4 Å². The third-order valence-electron chi connectivity index (χ3n) is 4.72. The van der Waals surface area contributed by atoms with E-state index < -0.39 is 0 Å². The Balaban J connectivity index is 1.53. The van der Waals surface area contributed by atoms with Gasteiger partial charge in [-0.2, -0.15) is 5.10 Å². The van der Waals surface area contributed by atoms with E-state index in [0.717, 1.165) is 23.6 Å². The number of nitrogens with one attached hydrogen (secondary N) is 1. The predicted octanol–water partition coefficient (Wildman–Crippen LogP) is 2.37. The number of fused-ring (bicyclic) bond motifs is 1. The van der Waals surface area contributed by atoms with Crippen molar-refractivity contribution in [3.63, 3.8) is 0 Å². The maximum atomic E-state index is 13.0. The number of rotatable bonds is 4. The highest BCUT2D eigenvalue weighted by Gasteiger charge is 2.26. The second kappa shape index (κ2) is 7.57. The van der Waals surface area contributed by atoms with Gasteiger partial charge in [0, 0.05) is 44.1 Å². The van der Waals surface area contributed by atoms with Crippen LogP contribution in [0.5, 0.6) is 0 Å². The lowest BCUT2D eigenvalue weighted by atomic mass is 10.1. The van der Waals surface area contributed by atoms with Crippen LogP contribution in [0.15, 0.2) is 55.0 Å². The SMILES string of the molecule is Cc1ccc(C(=O)N2Cc3ccnn3C[C@H](CNc3ccccn3)C2)nc1. The molecule has 138 valence electrons. The summed E-state index contributed by atoms with van der Waals surface area (Å²) in [5, 5.41) is 7.79. The van der Waals surface area contributed by atoms with E-state index >= 15 is 0 Å². The fraction of sp³-hybridized carbons (Fsp3) is 0.300. The van der Waals surface area contributed by atoms with Gasteiger partial charge >= 0.3 is 0 Å². The lowest BCUT2D eigenvalue weighted by Crippen LogP contribution is -2.36. The van der Waals surface area contributed by atoms with Gasteiger partial charge in [-0.1, -0.05) is 12.1 Å². The van der Waals surface area contributed by atoms with Crippen LogP contribution in [0.3, 0.4) is 0 Å². The molecule has 4 heterocycles. The minimum Gasteiger partial charge on any atom is -0.370 e. The summed E-state index contributed by atoms with van der Waals surface area (Å²) in [6, 6.07) is 11.5. The number of aromatic nitrogens is 4. The molecule has 1 atom stereocenters. The Bertz CT molecular complexity index is 906. The van der Waals surface area contributed by atoms with E-state index in [1.54, 1.807) is 24.7 Å². The highest BCUT2D eigenvalue weighted by Crippen LogP contribution is 2.18.